The maximum absolute atomic E-state index is 13.2. The Morgan fingerprint density at radius 1 is 1.16 bits per heavy atom. The number of amides is 1. The van der Waals surface area contributed by atoms with Crippen molar-refractivity contribution in [3.05, 3.63) is 81.7 Å². The number of carbonyl (C=O) groups is 1. The van der Waals surface area contributed by atoms with Gasteiger partial charge in [0.05, 0.1) is 27.4 Å². The zero-order valence-corrected chi connectivity index (χ0v) is 17.4. The Bertz CT molecular complexity index is 1330. The first-order valence-electron chi connectivity index (χ1n) is 9.88. The molecule has 8 heteroatoms. The quantitative estimate of drug-likeness (QED) is 0.369. The summed E-state index contributed by atoms with van der Waals surface area (Å²) in [5.41, 5.74) is 4.06. The van der Waals surface area contributed by atoms with E-state index in [0.29, 0.717) is 22.2 Å². The number of anilines is 1. The molecule has 0 bridgehead atoms. The Morgan fingerprint density at radius 3 is 2.65 bits per heavy atom. The van der Waals surface area contributed by atoms with E-state index in [-0.39, 0.29) is 11.4 Å². The van der Waals surface area contributed by atoms with Crippen molar-refractivity contribution in [3.8, 4) is 11.3 Å². The van der Waals surface area contributed by atoms with Crippen molar-refractivity contribution in [2.24, 2.45) is 0 Å². The molecule has 0 aliphatic carbocycles. The normalized spacial score (nSPS) is 10.9. The Kier molecular flexibility index (Phi) is 5.21. The Morgan fingerprint density at radius 2 is 1.94 bits per heavy atom. The van der Waals surface area contributed by atoms with Gasteiger partial charge in [0.25, 0.3) is 11.6 Å². The predicted molar refractivity (Wildman–Crippen MR) is 119 cm³/mol. The lowest BCUT2D eigenvalue weighted by Gasteiger charge is -2.11. The van der Waals surface area contributed by atoms with Gasteiger partial charge in [-0.15, -0.1) is 0 Å². The largest absolute Gasteiger partial charge is 0.316 e. The van der Waals surface area contributed by atoms with Crippen molar-refractivity contribution in [2.75, 3.05) is 5.32 Å². The molecule has 0 saturated heterocycles. The summed E-state index contributed by atoms with van der Waals surface area (Å²) in [7, 11) is 0. The smallest absolute Gasteiger partial charge is 0.293 e. The van der Waals surface area contributed by atoms with Gasteiger partial charge in [-0.05, 0) is 44.5 Å². The van der Waals surface area contributed by atoms with Crippen LogP contribution in [0.15, 0.2) is 54.7 Å². The molecule has 2 aromatic carbocycles. The van der Waals surface area contributed by atoms with E-state index >= 15 is 0 Å². The Hall–Kier alpha value is -4.07. The van der Waals surface area contributed by atoms with Crippen molar-refractivity contribution in [2.45, 2.75) is 27.3 Å². The predicted octanol–water partition coefficient (Wildman–Crippen LogP) is 4.90. The minimum atomic E-state index is -0.499. The summed E-state index contributed by atoms with van der Waals surface area (Å²) in [5.74, 6) is -0.438. The lowest BCUT2D eigenvalue weighted by molar-refractivity contribution is -0.384. The van der Waals surface area contributed by atoms with Crippen LogP contribution in [0.2, 0.25) is 0 Å². The van der Waals surface area contributed by atoms with Crippen molar-refractivity contribution >= 4 is 28.2 Å². The fraction of sp³-hybridized carbons (Fsp3) is 0.174. The number of para-hydroxylation sites is 1. The van der Waals surface area contributed by atoms with Crippen LogP contribution in [0.1, 0.15) is 28.5 Å². The van der Waals surface area contributed by atoms with E-state index in [1.54, 1.807) is 25.1 Å². The molecule has 4 aromatic rings. The highest BCUT2D eigenvalue weighted by Crippen LogP contribution is 2.29. The van der Waals surface area contributed by atoms with Crippen LogP contribution in [0.4, 0.5) is 11.4 Å². The molecule has 156 valence electrons. The zero-order chi connectivity index (χ0) is 22.1. The molecule has 1 N–H and O–H groups in total. The number of benzene rings is 2. The summed E-state index contributed by atoms with van der Waals surface area (Å²) in [6, 6.07) is 13.8. The average molecular weight is 415 g/mol. The molecule has 0 spiro atoms. The van der Waals surface area contributed by atoms with E-state index in [1.807, 2.05) is 49.0 Å². The van der Waals surface area contributed by atoms with E-state index in [4.69, 9.17) is 4.98 Å². The Balaban J connectivity index is 1.82. The van der Waals surface area contributed by atoms with Crippen LogP contribution in [0, 0.1) is 24.0 Å². The summed E-state index contributed by atoms with van der Waals surface area (Å²) in [6.07, 6.45) is 1.90. The fourth-order valence-electron chi connectivity index (χ4n) is 3.52. The minimum Gasteiger partial charge on any atom is -0.316 e. The van der Waals surface area contributed by atoms with Crippen LogP contribution < -0.4 is 5.32 Å². The maximum atomic E-state index is 13.2. The van der Waals surface area contributed by atoms with E-state index in [0.717, 1.165) is 23.4 Å². The van der Waals surface area contributed by atoms with Gasteiger partial charge in [-0.1, -0.05) is 24.3 Å². The average Bonchev–Trinajstić information content (AvgIpc) is 3.14. The van der Waals surface area contributed by atoms with Crippen LogP contribution in [-0.2, 0) is 6.54 Å². The molecular formula is C23H21N5O3. The van der Waals surface area contributed by atoms with E-state index in [2.05, 4.69) is 10.4 Å². The van der Waals surface area contributed by atoms with Gasteiger partial charge in [-0.3, -0.25) is 19.6 Å². The third kappa shape index (κ3) is 3.87. The minimum absolute atomic E-state index is 0.146. The third-order valence-corrected chi connectivity index (χ3v) is 5.11. The monoisotopic (exact) mass is 415 g/mol. The molecule has 0 unspecified atom stereocenters. The SMILES string of the molecule is CCn1cc(-c2cc(C(=O)Nc3ccc(C)cc3[N+](=O)[O-])c3ccccc3n2)c(C)n1. The summed E-state index contributed by atoms with van der Waals surface area (Å²) in [6.45, 7) is 6.38. The molecule has 0 fully saturated rings. The fourth-order valence-corrected chi connectivity index (χ4v) is 3.52. The van der Waals surface area contributed by atoms with Gasteiger partial charge >= 0.3 is 0 Å². The molecule has 0 aliphatic rings. The number of hydrogen-bond acceptors (Lipinski definition) is 5. The number of nitro groups is 1. The highest BCUT2D eigenvalue weighted by atomic mass is 16.6. The van der Waals surface area contributed by atoms with Gasteiger partial charge in [0.15, 0.2) is 0 Å². The number of carbonyl (C=O) groups excluding carboxylic acids is 1. The van der Waals surface area contributed by atoms with Gasteiger partial charge in [-0.2, -0.15) is 5.10 Å². The number of nitrogens with zero attached hydrogens (tertiary/aromatic N) is 4. The van der Waals surface area contributed by atoms with Crippen LogP contribution in [0.5, 0.6) is 0 Å². The second kappa shape index (κ2) is 7.98. The number of nitro benzene ring substituents is 1. The number of nitrogens with one attached hydrogen (secondary N) is 1. The highest BCUT2D eigenvalue weighted by Gasteiger charge is 2.20. The molecule has 4 rings (SSSR count). The zero-order valence-electron chi connectivity index (χ0n) is 17.4. The molecule has 0 aliphatic heterocycles. The standard InChI is InChI=1S/C23H21N5O3/c1-4-27-13-18(15(3)26-27)21-12-17(16-7-5-6-8-19(16)24-21)23(29)25-20-10-9-14(2)11-22(20)28(30)31/h5-13H,4H2,1-3H3,(H,25,29). The van der Waals surface area contributed by atoms with Crippen molar-refractivity contribution in [1.29, 1.82) is 0 Å². The van der Waals surface area contributed by atoms with Crippen molar-refractivity contribution in [1.82, 2.24) is 14.8 Å². The second-order valence-corrected chi connectivity index (χ2v) is 7.29. The summed E-state index contributed by atoms with van der Waals surface area (Å²) >= 11 is 0. The van der Waals surface area contributed by atoms with E-state index < -0.39 is 10.8 Å². The van der Waals surface area contributed by atoms with Gasteiger partial charge < -0.3 is 5.32 Å². The van der Waals surface area contributed by atoms with Crippen LogP contribution in [0.25, 0.3) is 22.2 Å². The number of hydrogen-bond donors (Lipinski definition) is 1. The number of fused-ring (bicyclic) bond motifs is 1. The van der Waals surface area contributed by atoms with Gasteiger partial charge in [0.2, 0.25) is 0 Å². The number of rotatable bonds is 5. The molecule has 8 nitrogen and oxygen atoms in total. The van der Waals surface area contributed by atoms with E-state index in [9.17, 15) is 14.9 Å². The number of aromatic nitrogens is 3. The molecular weight excluding hydrogens is 394 g/mol. The topological polar surface area (TPSA) is 103 Å². The lowest BCUT2D eigenvalue weighted by atomic mass is 10.0. The first-order chi connectivity index (χ1) is 14.9. The third-order valence-electron chi connectivity index (χ3n) is 5.11. The molecule has 0 saturated carbocycles. The Labute approximate surface area is 178 Å². The summed E-state index contributed by atoms with van der Waals surface area (Å²) in [5, 5.41) is 19.3. The van der Waals surface area contributed by atoms with Crippen LogP contribution >= 0.6 is 0 Å². The van der Waals surface area contributed by atoms with E-state index in [1.165, 1.54) is 6.07 Å². The number of pyridine rings is 1. The van der Waals surface area contributed by atoms with Gasteiger partial charge in [-0.25, -0.2) is 4.98 Å². The van der Waals surface area contributed by atoms with Crippen LogP contribution in [-0.4, -0.2) is 25.6 Å². The maximum Gasteiger partial charge on any atom is 0.293 e. The van der Waals surface area contributed by atoms with Crippen molar-refractivity contribution < 1.29 is 9.72 Å². The molecule has 1 amide bonds. The molecule has 0 radical (unpaired) electrons. The van der Waals surface area contributed by atoms with Crippen LogP contribution in [0.3, 0.4) is 0 Å². The van der Waals surface area contributed by atoms with Gasteiger partial charge in [0.1, 0.15) is 5.69 Å². The summed E-state index contributed by atoms with van der Waals surface area (Å²) < 4.78 is 1.82. The highest BCUT2D eigenvalue weighted by molar-refractivity contribution is 6.13. The molecule has 2 aromatic heterocycles. The first kappa shape index (κ1) is 20.2. The van der Waals surface area contributed by atoms with Crippen molar-refractivity contribution in [3.63, 3.8) is 0 Å². The van der Waals surface area contributed by atoms with Gasteiger partial charge in [0, 0.05) is 29.8 Å². The second-order valence-electron chi connectivity index (χ2n) is 7.29. The molecule has 31 heavy (non-hydrogen) atoms. The summed E-state index contributed by atoms with van der Waals surface area (Å²) in [4.78, 5) is 28.9. The molecule has 0 atom stereocenters. The lowest BCUT2D eigenvalue weighted by Crippen LogP contribution is -2.14. The molecule has 2 heterocycles. The first-order valence-corrected chi connectivity index (χ1v) is 9.88. The number of aryl methyl sites for hydroxylation is 3.